The zero-order valence-electron chi connectivity index (χ0n) is 16.8. The molecular weight excluding hydrogens is 432 g/mol. The van der Waals surface area contributed by atoms with E-state index in [1.807, 2.05) is 0 Å². The highest BCUT2D eigenvalue weighted by atomic mass is 19.2. The first-order valence-electron chi connectivity index (χ1n) is 9.89. The second-order valence-corrected chi connectivity index (χ2v) is 7.51. The van der Waals surface area contributed by atoms with Gasteiger partial charge in [0.1, 0.15) is 11.3 Å². The number of furan rings is 1. The lowest BCUT2D eigenvalue weighted by atomic mass is 9.94. The Morgan fingerprint density at radius 3 is 2.42 bits per heavy atom. The van der Waals surface area contributed by atoms with Gasteiger partial charge in [-0.3, -0.25) is 14.5 Å². The Labute approximate surface area is 185 Å². The molecule has 1 unspecified atom stereocenters. The topological polar surface area (TPSA) is 91.0 Å². The molecule has 1 aliphatic rings. The Bertz CT molecular complexity index is 1440. The van der Waals surface area contributed by atoms with Crippen molar-refractivity contribution in [1.82, 2.24) is 0 Å². The maximum absolute atomic E-state index is 14.0. The second-order valence-electron chi connectivity index (χ2n) is 7.51. The van der Waals surface area contributed by atoms with Gasteiger partial charge in [0.05, 0.1) is 11.6 Å². The molecule has 1 aliphatic heterocycles. The van der Waals surface area contributed by atoms with Crippen LogP contribution in [0, 0.1) is 11.6 Å². The summed E-state index contributed by atoms with van der Waals surface area (Å²) in [6, 6.07) is 15.7. The maximum Gasteiger partial charge on any atom is 0.294 e. The van der Waals surface area contributed by atoms with E-state index >= 15 is 0 Å². The number of rotatable bonds is 4. The molecule has 1 amide bonds. The smallest absolute Gasteiger partial charge is 0.294 e. The van der Waals surface area contributed by atoms with Crippen molar-refractivity contribution in [3.63, 3.8) is 0 Å². The Morgan fingerprint density at radius 1 is 0.909 bits per heavy atom. The van der Waals surface area contributed by atoms with E-state index in [2.05, 4.69) is 0 Å². The van der Waals surface area contributed by atoms with E-state index < -0.39 is 35.1 Å². The SMILES string of the molecule is O=C(C1=C(O)C(=O)N(c2ccc(F)c(F)c2)C1c1cccc(O)c1)c1cc2ccccc2o1. The molecule has 2 heterocycles. The van der Waals surface area contributed by atoms with Gasteiger partial charge < -0.3 is 14.6 Å². The van der Waals surface area contributed by atoms with Gasteiger partial charge in [0, 0.05) is 17.1 Å². The number of benzene rings is 3. The van der Waals surface area contributed by atoms with Crippen LogP contribution >= 0.6 is 0 Å². The standard InChI is InChI=1S/C25H15F2NO5/c26-17-9-8-15(12-18(17)27)28-22(14-5-3-6-16(29)10-14)21(24(31)25(28)32)23(30)20-11-13-4-1-2-7-19(13)33-20/h1-12,22,29,31H. The van der Waals surface area contributed by atoms with Crippen LogP contribution in [-0.2, 0) is 4.79 Å². The van der Waals surface area contributed by atoms with E-state index in [9.17, 15) is 28.6 Å². The Balaban J connectivity index is 1.68. The molecule has 0 saturated carbocycles. The number of nitrogens with zero attached hydrogens (tertiary/aromatic N) is 1. The average molecular weight is 447 g/mol. The highest BCUT2D eigenvalue weighted by Crippen LogP contribution is 2.43. The van der Waals surface area contributed by atoms with E-state index in [1.165, 1.54) is 30.3 Å². The molecule has 0 radical (unpaired) electrons. The summed E-state index contributed by atoms with van der Waals surface area (Å²) in [5, 5.41) is 21.4. The molecule has 8 heteroatoms. The number of para-hydroxylation sites is 1. The van der Waals surface area contributed by atoms with Crippen molar-refractivity contribution in [2.45, 2.75) is 6.04 Å². The zero-order chi connectivity index (χ0) is 23.3. The first-order chi connectivity index (χ1) is 15.8. The summed E-state index contributed by atoms with van der Waals surface area (Å²) in [5.74, 6) is -5.15. The molecule has 5 rings (SSSR count). The quantitative estimate of drug-likeness (QED) is 0.420. The summed E-state index contributed by atoms with van der Waals surface area (Å²) in [4.78, 5) is 27.5. The van der Waals surface area contributed by atoms with Gasteiger partial charge in [-0.25, -0.2) is 8.78 Å². The number of hydrogen-bond donors (Lipinski definition) is 2. The molecule has 0 saturated heterocycles. The van der Waals surface area contributed by atoms with Gasteiger partial charge in [-0.05, 0) is 42.0 Å². The molecule has 3 aromatic carbocycles. The summed E-state index contributed by atoms with van der Waals surface area (Å²) in [5.41, 5.74) is 0.328. The zero-order valence-corrected chi connectivity index (χ0v) is 16.8. The van der Waals surface area contributed by atoms with E-state index in [-0.39, 0.29) is 28.3 Å². The highest BCUT2D eigenvalue weighted by molar-refractivity contribution is 6.20. The molecule has 0 bridgehead atoms. The van der Waals surface area contributed by atoms with Crippen LogP contribution in [0.4, 0.5) is 14.5 Å². The number of hydrogen-bond acceptors (Lipinski definition) is 5. The third-order valence-electron chi connectivity index (χ3n) is 5.47. The number of fused-ring (bicyclic) bond motifs is 1. The van der Waals surface area contributed by atoms with Crippen LogP contribution in [0.2, 0.25) is 0 Å². The van der Waals surface area contributed by atoms with Crippen LogP contribution in [0.15, 0.2) is 88.5 Å². The van der Waals surface area contributed by atoms with Crippen molar-refractivity contribution in [2.75, 3.05) is 4.90 Å². The van der Waals surface area contributed by atoms with Crippen molar-refractivity contribution in [3.8, 4) is 5.75 Å². The van der Waals surface area contributed by atoms with E-state index in [0.29, 0.717) is 11.0 Å². The predicted octanol–water partition coefficient (Wildman–Crippen LogP) is 5.20. The first kappa shape index (κ1) is 20.4. The largest absolute Gasteiger partial charge is 0.508 e. The predicted molar refractivity (Wildman–Crippen MR) is 115 cm³/mol. The number of aromatic hydroxyl groups is 1. The van der Waals surface area contributed by atoms with E-state index in [1.54, 1.807) is 24.3 Å². The molecule has 0 fully saturated rings. The van der Waals surface area contributed by atoms with Gasteiger partial charge >= 0.3 is 0 Å². The highest BCUT2D eigenvalue weighted by Gasteiger charge is 2.45. The van der Waals surface area contributed by atoms with Crippen LogP contribution in [0.3, 0.4) is 0 Å². The molecule has 0 spiro atoms. The Morgan fingerprint density at radius 2 is 1.70 bits per heavy atom. The van der Waals surface area contributed by atoms with Crippen LogP contribution < -0.4 is 4.90 Å². The normalized spacial score (nSPS) is 16.1. The van der Waals surface area contributed by atoms with Crippen LogP contribution in [0.1, 0.15) is 22.2 Å². The average Bonchev–Trinajstić information content (AvgIpc) is 3.35. The molecule has 2 N–H and O–H groups in total. The number of anilines is 1. The number of Topliss-reactive ketones (excluding diaryl/α,β-unsaturated/α-hetero) is 1. The van der Waals surface area contributed by atoms with E-state index in [4.69, 9.17) is 4.42 Å². The van der Waals surface area contributed by atoms with Crippen LogP contribution in [0.25, 0.3) is 11.0 Å². The molecule has 1 aromatic heterocycles. The number of aliphatic hydroxyl groups excluding tert-OH is 1. The molecule has 1 atom stereocenters. The number of halogens is 2. The molecule has 0 aliphatic carbocycles. The van der Waals surface area contributed by atoms with Crippen molar-refractivity contribution in [2.24, 2.45) is 0 Å². The van der Waals surface area contributed by atoms with Crippen molar-refractivity contribution >= 4 is 28.3 Å². The fourth-order valence-corrected chi connectivity index (χ4v) is 3.98. The molecule has 4 aromatic rings. The number of carbonyl (C=O) groups is 2. The fourth-order valence-electron chi connectivity index (χ4n) is 3.98. The maximum atomic E-state index is 14.0. The van der Waals surface area contributed by atoms with Gasteiger partial charge in [-0.15, -0.1) is 0 Å². The fraction of sp³-hybridized carbons (Fsp3) is 0.0400. The number of aliphatic hydroxyl groups is 1. The van der Waals surface area contributed by atoms with Crippen molar-refractivity contribution < 1.29 is 33.0 Å². The molecule has 6 nitrogen and oxygen atoms in total. The monoisotopic (exact) mass is 447 g/mol. The summed E-state index contributed by atoms with van der Waals surface area (Å²) < 4.78 is 33.1. The Kier molecular flexibility index (Phi) is 4.70. The minimum atomic E-state index is -1.23. The summed E-state index contributed by atoms with van der Waals surface area (Å²) >= 11 is 0. The van der Waals surface area contributed by atoms with Crippen molar-refractivity contribution in [3.05, 3.63) is 107 Å². The minimum absolute atomic E-state index is 0.0776. The summed E-state index contributed by atoms with van der Waals surface area (Å²) in [7, 11) is 0. The minimum Gasteiger partial charge on any atom is -0.508 e. The second kappa shape index (κ2) is 7.59. The Hall–Kier alpha value is -4.46. The van der Waals surface area contributed by atoms with Crippen LogP contribution in [0.5, 0.6) is 5.75 Å². The lowest BCUT2D eigenvalue weighted by Gasteiger charge is -2.27. The third kappa shape index (κ3) is 3.32. The van der Waals surface area contributed by atoms with E-state index in [0.717, 1.165) is 23.1 Å². The number of ketones is 1. The number of phenolic OH excluding ortho intramolecular Hbond substituents is 1. The summed E-state index contributed by atoms with van der Waals surface area (Å²) in [6.45, 7) is 0. The number of phenols is 1. The first-order valence-corrected chi connectivity index (χ1v) is 9.89. The third-order valence-corrected chi connectivity index (χ3v) is 5.47. The van der Waals surface area contributed by atoms with Gasteiger partial charge in [0.25, 0.3) is 5.91 Å². The molecule has 33 heavy (non-hydrogen) atoms. The van der Waals surface area contributed by atoms with Gasteiger partial charge in [0.15, 0.2) is 23.2 Å². The number of amides is 1. The lowest BCUT2D eigenvalue weighted by Crippen LogP contribution is -2.31. The molecule has 164 valence electrons. The van der Waals surface area contributed by atoms with Crippen LogP contribution in [-0.4, -0.2) is 21.9 Å². The lowest BCUT2D eigenvalue weighted by molar-refractivity contribution is -0.117. The molecular formula is C25H15F2NO5. The van der Waals surface area contributed by atoms with Crippen molar-refractivity contribution in [1.29, 1.82) is 0 Å². The van der Waals surface area contributed by atoms with Gasteiger partial charge in [0.2, 0.25) is 5.78 Å². The number of carbonyl (C=O) groups excluding carboxylic acids is 2. The van der Waals surface area contributed by atoms with Gasteiger partial charge in [-0.1, -0.05) is 30.3 Å². The summed E-state index contributed by atoms with van der Waals surface area (Å²) in [6.07, 6.45) is 0. The van der Waals surface area contributed by atoms with Gasteiger partial charge in [-0.2, -0.15) is 0 Å².